The van der Waals surface area contributed by atoms with E-state index >= 15 is 0 Å². The standard InChI is InChI=1S/C21H24N4O6S/c1-11-17-20(30-4)24-16(10-28-2)25-21(17)32-18(11)19(27)23-8-12-5-6-13(14(7-12)29-3)31-9-15(22)26/h5-7H,8-10H2,1-4H3,(H2,22,26)(H,23,27). The van der Waals surface area contributed by atoms with E-state index in [1.807, 2.05) is 6.92 Å². The molecular formula is C21H24N4O6S. The molecule has 32 heavy (non-hydrogen) atoms. The number of ether oxygens (including phenoxy) is 4. The average Bonchev–Trinajstić information content (AvgIpc) is 3.12. The van der Waals surface area contributed by atoms with Crippen LogP contribution in [0.15, 0.2) is 18.2 Å². The van der Waals surface area contributed by atoms with E-state index in [2.05, 4.69) is 15.3 Å². The van der Waals surface area contributed by atoms with Crippen LogP contribution in [-0.4, -0.2) is 49.7 Å². The summed E-state index contributed by atoms with van der Waals surface area (Å²) in [7, 11) is 4.57. The van der Waals surface area contributed by atoms with Gasteiger partial charge in [0.05, 0.1) is 24.5 Å². The molecule has 0 saturated heterocycles. The van der Waals surface area contributed by atoms with Crippen LogP contribution in [-0.2, 0) is 22.7 Å². The molecule has 3 aromatic rings. The molecule has 10 nitrogen and oxygen atoms in total. The van der Waals surface area contributed by atoms with Crippen LogP contribution in [0.3, 0.4) is 0 Å². The minimum absolute atomic E-state index is 0.242. The lowest BCUT2D eigenvalue weighted by Gasteiger charge is -2.11. The second-order valence-corrected chi connectivity index (χ2v) is 7.74. The fourth-order valence-electron chi connectivity index (χ4n) is 3.05. The highest BCUT2D eigenvalue weighted by atomic mass is 32.1. The van der Waals surface area contributed by atoms with Crippen molar-refractivity contribution >= 4 is 33.4 Å². The van der Waals surface area contributed by atoms with Gasteiger partial charge in [-0.3, -0.25) is 9.59 Å². The first-order valence-electron chi connectivity index (χ1n) is 9.57. The van der Waals surface area contributed by atoms with Gasteiger partial charge in [0, 0.05) is 13.7 Å². The zero-order valence-electron chi connectivity index (χ0n) is 18.2. The van der Waals surface area contributed by atoms with Crippen molar-refractivity contribution in [2.45, 2.75) is 20.1 Å². The Kier molecular flexibility index (Phi) is 7.44. The molecule has 0 aliphatic heterocycles. The highest BCUT2D eigenvalue weighted by molar-refractivity contribution is 7.20. The van der Waals surface area contributed by atoms with E-state index in [1.54, 1.807) is 25.3 Å². The fourth-order valence-corrected chi connectivity index (χ4v) is 4.16. The number of fused-ring (bicyclic) bond motifs is 1. The fraction of sp³-hybridized carbons (Fsp3) is 0.333. The maximum Gasteiger partial charge on any atom is 0.261 e. The second kappa shape index (κ2) is 10.2. The summed E-state index contributed by atoms with van der Waals surface area (Å²) in [5.41, 5.74) is 6.64. The van der Waals surface area contributed by atoms with Gasteiger partial charge in [0.2, 0.25) is 5.88 Å². The summed E-state index contributed by atoms with van der Waals surface area (Å²) in [6.07, 6.45) is 0. The average molecular weight is 461 g/mol. The quantitative estimate of drug-likeness (QED) is 0.469. The molecule has 11 heteroatoms. The van der Waals surface area contributed by atoms with Crippen LogP contribution in [0.1, 0.15) is 26.6 Å². The number of hydrogen-bond donors (Lipinski definition) is 2. The van der Waals surface area contributed by atoms with E-state index < -0.39 is 5.91 Å². The Balaban J connectivity index is 1.78. The molecular weight excluding hydrogens is 436 g/mol. The normalized spacial score (nSPS) is 10.8. The van der Waals surface area contributed by atoms with Gasteiger partial charge in [0.1, 0.15) is 11.4 Å². The Morgan fingerprint density at radius 3 is 2.56 bits per heavy atom. The smallest absolute Gasteiger partial charge is 0.261 e. The van der Waals surface area contributed by atoms with E-state index in [4.69, 9.17) is 24.7 Å². The van der Waals surface area contributed by atoms with Gasteiger partial charge in [-0.2, -0.15) is 4.98 Å². The third-order valence-corrected chi connectivity index (χ3v) is 5.71. The molecule has 170 valence electrons. The molecule has 0 radical (unpaired) electrons. The third-order valence-electron chi connectivity index (χ3n) is 4.53. The van der Waals surface area contributed by atoms with Crippen molar-refractivity contribution in [3.8, 4) is 17.4 Å². The van der Waals surface area contributed by atoms with Crippen LogP contribution in [0.4, 0.5) is 0 Å². The van der Waals surface area contributed by atoms with Gasteiger partial charge < -0.3 is 30.0 Å². The third kappa shape index (κ3) is 5.06. The van der Waals surface area contributed by atoms with Crippen molar-refractivity contribution in [3.63, 3.8) is 0 Å². The lowest BCUT2D eigenvalue weighted by atomic mass is 10.2. The highest BCUT2D eigenvalue weighted by Crippen LogP contribution is 2.35. The molecule has 0 bridgehead atoms. The summed E-state index contributed by atoms with van der Waals surface area (Å²) in [4.78, 5) is 33.8. The Labute approximate surface area is 188 Å². The first-order valence-corrected chi connectivity index (χ1v) is 10.4. The van der Waals surface area contributed by atoms with Crippen molar-refractivity contribution in [2.75, 3.05) is 27.9 Å². The molecule has 0 atom stereocenters. The number of thiophene rings is 1. The monoisotopic (exact) mass is 460 g/mol. The topological polar surface area (TPSA) is 135 Å². The lowest BCUT2D eigenvalue weighted by Crippen LogP contribution is -2.22. The molecule has 2 heterocycles. The Hall–Kier alpha value is -3.44. The molecule has 0 aliphatic rings. The van der Waals surface area contributed by atoms with Crippen molar-refractivity contribution in [3.05, 3.63) is 40.0 Å². The van der Waals surface area contributed by atoms with E-state index in [0.29, 0.717) is 38.3 Å². The lowest BCUT2D eigenvalue weighted by molar-refractivity contribution is -0.119. The van der Waals surface area contributed by atoms with E-state index in [9.17, 15) is 9.59 Å². The SMILES string of the molecule is COCc1nc(OC)c2c(C)c(C(=O)NCc3ccc(OCC(N)=O)c(OC)c3)sc2n1. The number of nitrogens with zero attached hydrogens (tertiary/aromatic N) is 2. The van der Waals surface area contributed by atoms with E-state index in [1.165, 1.54) is 25.6 Å². The number of benzene rings is 1. The molecule has 2 amide bonds. The number of amides is 2. The molecule has 1 aromatic carbocycles. The van der Waals surface area contributed by atoms with Crippen molar-refractivity contribution in [1.82, 2.24) is 15.3 Å². The number of primary amides is 1. The maximum absolute atomic E-state index is 12.9. The number of rotatable bonds is 10. The minimum atomic E-state index is -0.585. The number of hydrogen-bond acceptors (Lipinski definition) is 9. The van der Waals surface area contributed by atoms with Gasteiger partial charge in [-0.1, -0.05) is 6.07 Å². The van der Waals surface area contributed by atoms with Gasteiger partial charge in [0.15, 0.2) is 23.9 Å². The van der Waals surface area contributed by atoms with Crippen LogP contribution < -0.4 is 25.3 Å². The first kappa shape index (κ1) is 23.2. The number of methoxy groups -OCH3 is 3. The van der Waals surface area contributed by atoms with Gasteiger partial charge in [-0.15, -0.1) is 11.3 Å². The zero-order valence-corrected chi connectivity index (χ0v) is 19.0. The van der Waals surface area contributed by atoms with E-state index in [-0.39, 0.29) is 25.7 Å². The summed E-state index contributed by atoms with van der Waals surface area (Å²) in [6.45, 7) is 2.09. The number of aromatic nitrogens is 2. The summed E-state index contributed by atoms with van der Waals surface area (Å²) >= 11 is 1.27. The van der Waals surface area contributed by atoms with Gasteiger partial charge >= 0.3 is 0 Å². The molecule has 0 saturated carbocycles. The van der Waals surface area contributed by atoms with Gasteiger partial charge in [-0.25, -0.2) is 4.98 Å². The van der Waals surface area contributed by atoms with Crippen molar-refractivity contribution in [1.29, 1.82) is 0 Å². The predicted octanol–water partition coefficient (Wildman–Crippen LogP) is 1.96. The maximum atomic E-state index is 12.9. The van der Waals surface area contributed by atoms with Crippen LogP contribution in [0.5, 0.6) is 17.4 Å². The molecule has 0 fully saturated rings. The van der Waals surface area contributed by atoms with Crippen LogP contribution >= 0.6 is 11.3 Å². The summed E-state index contributed by atoms with van der Waals surface area (Å²) in [5, 5.41) is 3.61. The van der Waals surface area contributed by atoms with Crippen LogP contribution in [0.2, 0.25) is 0 Å². The van der Waals surface area contributed by atoms with Gasteiger partial charge in [0.25, 0.3) is 11.8 Å². The van der Waals surface area contributed by atoms with Crippen LogP contribution in [0, 0.1) is 6.92 Å². The van der Waals surface area contributed by atoms with Crippen LogP contribution in [0.25, 0.3) is 10.2 Å². The molecule has 2 aromatic heterocycles. The number of carbonyl (C=O) groups excluding carboxylic acids is 2. The number of nitrogens with two attached hydrogens (primary N) is 1. The predicted molar refractivity (Wildman–Crippen MR) is 118 cm³/mol. The first-order chi connectivity index (χ1) is 15.4. The Morgan fingerprint density at radius 2 is 1.91 bits per heavy atom. The Morgan fingerprint density at radius 1 is 1.12 bits per heavy atom. The Bertz CT molecular complexity index is 1150. The minimum Gasteiger partial charge on any atom is -0.493 e. The van der Waals surface area contributed by atoms with E-state index in [0.717, 1.165) is 11.1 Å². The summed E-state index contributed by atoms with van der Waals surface area (Å²) < 4.78 is 21.1. The molecule has 3 N–H and O–H groups in total. The van der Waals surface area contributed by atoms with Crippen molar-refractivity contribution in [2.24, 2.45) is 5.73 Å². The largest absolute Gasteiger partial charge is 0.493 e. The highest BCUT2D eigenvalue weighted by Gasteiger charge is 2.21. The number of aryl methyl sites for hydroxylation is 1. The molecule has 0 unspecified atom stereocenters. The number of nitrogens with one attached hydrogen (secondary N) is 1. The van der Waals surface area contributed by atoms with Gasteiger partial charge in [-0.05, 0) is 30.2 Å². The number of carbonyl (C=O) groups is 2. The molecule has 0 spiro atoms. The second-order valence-electron chi connectivity index (χ2n) is 6.74. The summed E-state index contributed by atoms with van der Waals surface area (Å²) in [6, 6.07) is 5.15. The zero-order chi connectivity index (χ0) is 23.3. The summed E-state index contributed by atoms with van der Waals surface area (Å²) in [5.74, 6) is 0.884. The molecule has 3 rings (SSSR count). The van der Waals surface area contributed by atoms with Crippen molar-refractivity contribution < 1.29 is 28.5 Å². The molecule has 0 aliphatic carbocycles.